The molecule has 1 saturated heterocycles. The van der Waals surface area contributed by atoms with E-state index in [1.54, 1.807) is 9.58 Å². The average molecular weight is 481 g/mol. The maximum Gasteiger partial charge on any atom is 0.295 e. The summed E-state index contributed by atoms with van der Waals surface area (Å²) in [5, 5.41) is 9.42. The molecule has 3 aromatic heterocycles. The molecule has 0 spiro atoms. The maximum absolute atomic E-state index is 13.2. The summed E-state index contributed by atoms with van der Waals surface area (Å²) < 4.78 is 1.76. The number of rotatable bonds is 5. The van der Waals surface area contributed by atoms with Crippen LogP contribution in [0.2, 0.25) is 0 Å². The van der Waals surface area contributed by atoms with E-state index >= 15 is 0 Å². The van der Waals surface area contributed by atoms with Crippen LogP contribution >= 0.6 is 0 Å². The summed E-state index contributed by atoms with van der Waals surface area (Å²) in [6, 6.07) is 17.6. The molecule has 10 heteroatoms. The summed E-state index contributed by atoms with van der Waals surface area (Å²) in [7, 11) is 0. The Morgan fingerprint density at radius 2 is 1.69 bits per heavy atom. The lowest BCUT2D eigenvalue weighted by Crippen LogP contribution is -2.51. The van der Waals surface area contributed by atoms with E-state index in [1.807, 2.05) is 61.5 Å². The number of nitrogens with one attached hydrogen (secondary N) is 1. The van der Waals surface area contributed by atoms with Crippen LogP contribution in [-0.2, 0) is 11.3 Å². The summed E-state index contributed by atoms with van der Waals surface area (Å²) in [6.45, 7) is 4.27. The van der Waals surface area contributed by atoms with Gasteiger partial charge in [0.2, 0.25) is 0 Å². The Balaban J connectivity index is 1.18. The molecule has 6 rings (SSSR count). The van der Waals surface area contributed by atoms with Crippen molar-refractivity contribution in [3.63, 3.8) is 0 Å². The Labute approximate surface area is 206 Å². The SMILES string of the molecule is Cc1[nH]c2ccccc2c1C(=O)C(=O)N1CCN(c2ncnc3c2nnn3Cc2ccccc2)CC1. The number of hydrogen-bond donors (Lipinski definition) is 1. The first-order chi connectivity index (χ1) is 17.6. The number of amides is 1. The minimum absolute atomic E-state index is 0.412. The van der Waals surface area contributed by atoms with Crippen molar-refractivity contribution in [2.45, 2.75) is 13.5 Å². The van der Waals surface area contributed by atoms with Gasteiger partial charge >= 0.3 is 0 Å². The number of anilines is 1. The van der Waals surface area contributed by atoms with E-state index in [0.29, 0.717) is 61.0 Å². The smallest absolute Gasteiger partial charge is 0.295 e. The molecule has 2 aromatic carbocycles. The molecule has 0 aliphatic carbocycles. The predicted octanol–water partition coefficient (Wildman–Crippen LogP) is 2.59. The van der Waals surface area contributed by atoms with Gasteiger partial charge in [-0.05, 0) is 18.6 Å². The second-order valence-electron chi connectivity index (χ2n) is 8.88. The van der Waals surface area contributed by atoms with Crippen molar-refractivity contribution in [2.24, 2.45) is 0 Å². The molecule has 0 bridgehead atoms. The number of aromatic nitrogens is 6. The number of para-hydroxylation sites is 1. The number of carbonyl (C=O) groups is 2. The number of Topliss-reactive ketones (excluding diaryl/α,β-unsaturated/α-hetero) is 1. The van der Waals surface area contributed by atoms with Gasteiger partial charge in [0, 0.05) is 42.8 Å². The van der Waals surface area contributed by atoms with Gasteiger partial charge in [-0.15, -0.1) is 5.10 Å². The third-order valence-corrected chi connectivity index (χ3v) is 6.64. The van der Waals surface area contributed by atoms with E-state index in [2.05, 4.69) is 30.2 Å². The van der Waals surface area contributed by atoms with Crippen molar-refractivity contribution in [1.29, 1.82) is 0 Å². The Hall–Kier alpha value is -4.60. The minimum atomic E-state index is -0.482. The first-order valence-electron chi connectivity index (χ1n) is 11.8. The van der Waals surface area contributed by atoms with Gasteiger partial charge in [0.15, 0.2) is 17.0 Å². The summed E-state index contributed by atoms with van der Waals surface area (Å²) in [6.07, 6.45) is 1.52. The zero-order chi connectivity index (χ0) is 24.6. The first kappa shape index (κ1) is 21.9. The number of carbonyl (C=O) groups excluding carboxylic acids is 2. The fourth-order valence-corrected chi connectivity index (χ4v) is 4.82. The summed E-state index contributed by atoms with van der Waals surface area (Å²) in [4.78, 5) is 42.0. The predicted molar refractivity (Wildman–Crippen MR) is 135 cm³/mol. The zero-order valence-electron chi connectivity index (χ0n) is 19.8. The Morgan fingerprint density at radius 3 is 2.50 bits per heavy atom. The van der Waals surface area contributed by atoms with Crippen molar-refractivity contribution < 1.29 is 9.59 Å². The molecular formula is C26H24N8O2. The van der Waals surface area contributed by atoms with Gasteiger partial charge in [-0.2, -0.15) is 0 Å². The van der Waals surface area contributed by atoms with Gasteiger partial charge in [-0.1, -0.05) is 53.7 Å². The van der Waals surface area contributed by atoms with Crippen LogP contribution in [0, 0.1) is 6.92 Å². The monoisotopic (exact) mass is 480 g/mol. The fraction of sp³-hybridized carbons (Fsp3) is 0.231. The molecule has 0 atom stereocenters. The number of aromatic amines is 1. The van der Waals surface area contributed by atoms with E-state index in [9.17, 15) is 9.59 Å². The highest BCUT2D eigenvalue weighted by Gasteiger charge is 2.30. The molecule has 0 unspecified atom stereocenters. The molecule has 10 nitrogen and oxygen atoms in total. The molecule has 1 aliphatic heterocycles. The average Bonchev–Trinajstić information content (AvgIpc) is 3.48. The van der Waals surface area contributed by atoms with Gasteiger partial charge < -0.3 is 14.8 Å². The van der Waals surface area contributed by atoms with Crippen LogP contribution in [-0.4, -0.2) is 72.7 Å². The second kappa shape index (κ2) is 8.88. The molecule has 0 saturated carbocycles. The zero-order valence-corrected chi connectivity index (χ0v) is 19.8. The van der Waals surface area contributed by atoms with Crippen molar-refractivity contribution in [3.8, 4) is 0 Å². The minimum Gasteiger partial charge on any atom is -0.358 e. The molecule has 180 valence electrons. The Bertz CT molecular complexity index is 1580. The lowest BCUT2D eigenvalue weighted by molar-refractivity contribution is -0.126. The summed E-state index contributed by atoms with van der Waals surface area (Å²) in [5.41, 5.74) is 4.39. The van der Waals surface area contributed by atoms with Crippen molar-refractivity contribution in [1.82, 2.24) is 34.8 Å². The van der Waals surface area contributed by atoms with Crippen LogP contribution in [0.3, 0.4) is 0 Å². The molecular weight excluding hydrogens is 456 g/mol. The molecule has 36 heavy (non-hydrogen) atoms. The summed E-state index contributed by atoms with van der Waals surface area (Å²) in [5.74, 6) is -0.277. The van der Waals surface area contributed by atoms with Crippen LogP contribution < -0.4 is 4.90 Å². The number of ketones is 1. The van der Waals surface area contributed by atoms with Crippen LogP contribution in [0.15, 0.2) is 60.9 Å². The van der Waals surface area contributed by atoms with Crippen LogP contribution in [0.25, 0.3) is 22.1 Å². The standard InChI is InChI=1S/C26H24N8O2/c1-17-21(19-9-5-6-10-20(19)29-17)23(35)26(36)33-13-11-32(12-14-33)24-22-25(28-16-27-24)34(31-30-22)15-18-7-3-2-4-8-18/h2-10,16,29H,11-15H2,1H3. The molecule has 0 radical (unpaired) electrons. The quantitative estimate of drug-likeness (QED) is 0.304. The normalized spacial score (nSPS) is 14.0. The van der Waals surface area contributed by atoms with Crippen molar-refractivity contribution in [2.75, 3.05) is 31.1 Å². The third kappa shape index (κ3) is 3.76. The largest absolute Gasteiger partial charge is 0.358 e. The van der Waals surface area contributed by atoms with Gasteiger partial charge in [-0.3, -0.25) is 9.59 Å². The topological polar surface area (TPSA) is 113 Å². The molecule has 4 heterocycles. The molecule has 5 aromatic rings. The number of fused-ring (bicyclic) bond motifs is 2. The number of hydrogen-bond acceptors (Lipinski definition) is 7. The van der Waals surface area contributed by atoms with Crippen LogP contribution in [0.4, 0.5) is 5.82 Å². The van der Waals surface area contributed by atoms with E-state index in [4.69, 9.17) is 0 Å². The number of H-pyrrole nitrogens is 1. The summed E-state index contributed by atoms with van der Waals surface area (Å²) >= 11 is 0. The van der Waals surface area contributed by atoms with Gasteiger partial charge in [0.1, 0.15) is 6.33 Å². The second-order valence-corrected chi connectivity index (χ2v) is 8.88. The molecule has 1 aliphatic rings. The number of piperazine rings is 1. The first-order valence-corrected chi connectivity index (χ1v) is 11.8. The number of aryl methyl sites for hydroxylation is 1. The number of nitrogens with zero attached hydrogens (tertiary/aromatic N) is 7. The molecule has 1 fully saturated rings. The third-order valence-electron chi connectivity index (χ3n) is 6.64. The van der Waals surface area contributed by atoms with Gasteiger partial charge in [-0.25, -0.2) is 14.6 Å². The number of benzene rings is 2. The highest BCUT2D eigenvalue weighted by molar-refractivity contribution is 6.45. The lowest BCUT2D eigenvalue weighted by Gasteiger charge is -2.34. The van der Waals surface area contributed by atoms with E-state index in [0.717, 1.165) is 16.5 Å². The van der Waals surface area contributed by atoms with Crippen LogP contribution in [0.1, 0.15) is 21.6 Å². The molecule has 1 N–H and O–H groups in total. The van der Waals surface area contributed by atoms with Gasteiger partial charge in [0.25, 0.3) is 11.7 Å². The fourth-order valence-electron chi connectivity index (χ4n) is 4.82. The Kier molecular flexibility index (Phi) is 5.40. The highest BCUT2D eigenvalue weighted by atomic mass is 16.2. The Morgan fingerprint density at radius 1 is 0.944 bits per heavy atom. The van der Waals surface area contributed by atoms with Crippen molar-refractivity contribution >= 4 is 39.6 Å². The lowest BCUT2D eigenvalue weighted by atomic mass is 10.1. The highest BCUT2D eigenvalue weighted by Crippen LogP contribution is 2.25. The van der Waals surface area contributed by atoms with Crippen LogP contribution in [0.5, 0.6) is 0 Å². The van der Waals surface area contributed by atoms with E-state index in [1.165, 1.54) is 6.33 Å². The van der Waals surface area contributed by atoms with E-state index < -0.39 is 11.7 Å². The van der Waals surface area contributed by atoms with Gasteiger partial charge in [0.05, 0.1) is 12.1 Å². The maximum atomic E-state index is 13.2. The molecule has 1 amide bonds. The van der Waals surface area contributed by atoms with E-state index in [-0.39, 0.29) is 0 Å². The van der Waals surface area contributed by atoms with Crippen molar-refractivity contribution in [3.05, 3.63) is 77.7 Å².